The lowest BCUT2D eigenvalue weighted by molar-refractivity contribution is -0.140. The van der Waals surface area contributed by atoms with E-state index in [0.29, 0.717) is 38.7 Å². The average Bonchev–Trinajstić information content (AvgIpc) is 2.46. The Hall–Kier alpha value is -1.30. The van der Waals surface area contributed by atoms with Gasteiger partial charge in [-0.2, -0.15) is 0 Å². The number of nitrogens with zero attached hydrogens (tertiary/aromatic N) is 2. The quantitative estimate of drug-likeness (QED) is 0.831. The Morgan fingerprint density at radius 3 is 2.43 bits per heavy atom. The zero-order valence-corrected chi connectivity index (χ0v) is 13.1. The summed E-state index contributed by atoms with van der Waals surface area (Å²) in [5.74, 6) is 0.561. The summed E-state index contributed by atoms with van der Waals surface area (Å²) in [5.41, 5.74) is 5.66. The second-order valence-electron chi connectivity index (χ2n) is 6.34. The molecule has 1 aliphatic heterocycles. The summed E-state index contributed by atoms with van der Waals surface area (Å²) in [6.07, 6.45) is 3.42. The van der Waals surface area contributed by atoms with Gasteiger partial charge < -0.3 is 20.3 Å². The Kier molecular flexibility index (Phi) is 5.08. The molecular weight excluding hydrogens is 270 g/mol. The van der Waals surface area contributed by atoms with E-state index in [1.807, 2.05) is 4.90 Å². The Morgan fingerprint density at radius 2 is 1.86 bits per heavy atom. The maximum absolute atomic E-state index is 12.7. The van der Waals surface area contributed by atoms with Gasteiger partial charge in [0.15, 0.2) is 0 Å². The topological polar surface area (TPSA) is 75.9 Å². The summed E-state index contributed by atoms with van der Waals surface area (Å²) in [4.78, 5) is 27.8. The Morgan fingerprint density at radius 1 is 1.24 bits per heavy atom. The first-order valence-corrected chi connectivity index (χ1v) is 7.96. The molecule has 120 valence electrons. The first kappa shape index (κ1) is 16.1. The van der Waals surface area contributed by atoms with Crippen LogP contribution >= 0.6 is 0 Å². The van der Waals surface area contributed by atoms with E-state index in [4.69, 9.17) is 10.5 Å². The highest BCUT2D eigenvalue weighted by Crippen LogP contribution is 2.32. The van der Waals surface area contributed by atoms with Gasteiger partial charge in [0, 0.05) is 26.2 Å². The maximum atomic E-state index is 12.7. The minimum Gasteiger partial charge on any atom is -0.450 e. The monoisotopic (exact) mass is 297 g/mol. The molecule has 0 radical (unpaired) electrons. The predicted octanol–water partition coefficient (Wildman–Crippen LogP) is 1.19. The Bertz CT molecular complexity index is 394. The van der Waals surface area contributed by atoms with Crippen molar-refractivity contribution in [2.24, 2.45) is 11.7 Å². The molecule has 21 heavy (non-hydrogen) atoms. The van der Waals surface area contributed by atoms with Crippen molar-refractivity contribution in [1.29, 1.82) is 0 Å². The molecule has 2 atom stereocenters. The average molecular weight is 297 g/mol. The molecule has 2 rings (SSSR count). The standard InChI is InChI=1S/C15H27N3O3/c1-3-21-14(20)18-9-7-17(8-10-18)13(19)15(16)6-4-5-12(2)11-15/h12H,3-11,16H2,1-2H3. The highest BCUT2D eigenvalue weighted by atomic mass is 16.6. The zero-order valence-electron chi connectivity index (χ0n) is 13.1. The van der Waals surface area contributed by atoms with Crippen molar-refractivity contribution in [2.45, 2.75) is 45.1 Å². The van der Waals surface area contributed by atoms with E-state index in [-0.39, 0.29) is 12.0 Å². The van der Waals surface area contributed by atoms with Crippen LogP contribution in [0.5, 0.6) is 0 Å². The van der Waals surface area contributed by atoms with E-state index in [1.54, 1.807) is 11.8 Å². The molecule has 0 bridgehead atoms. The molecule has 1 heterocycles. The van der Waals surface area contributed by atoms with Crippen molar-refractivity contribution in [1.82, 2.24) is 9.80 Å². The molecule has 2 unspecified atom stereocenters. The number of carbonyl (C=O) groups is 2. The fourth-order valence-corrected chi connectivity index (χ4v) is 3.41. The van der Waals surface area contributed by atoms with Crippen molar-refractivity contribution < 1.29 is 14.3 Å². The molecule has 2 aliphatic rings. The third-order valence-corrected chi connectivity index (χ3v) is 4.55. The predicted molar refractivity (Wildman–Crippen MR) is 79.7 cm³/mol. The van der Waals surface area contributed by atoms with Crippen LogP contribution in [0.1, 0.15) is 39.5 Å². The Labute approximate surface area is 126 Å². The molecular formula is C15H27N3O3. The number of rotatable bonds is 2. The summed E-state index contributed by atoms with van der Waals surface area (Å²) >= 11 is 0. The van der Waals surface area contributed by atoms with Crippen molar-refractivity contribution in [3.05, 3.63) is 0 Å². The molecule has 6 heteroatoms. The van der Waals surface area contributed by atoms with Gasteiger partial charge in [0.2, 0.25) is 5.91 Å². The Balaban J connectivity index is 1.89. The molecule has 2 amide bonds. The molecule has 1 saturated heterocycles. The lowest BCUT2D eigenvalue weighted by Crippen LogP contribution is -2.61. The third kappa shape index (κ3) is 3.67. The molecule has 2 N–H and O–H groups in total. The van der Waals surface area contributed by atoms with Crippen molar-refractivity contribution in [3.8, 4) is 0 Å². The second kappa shape index (κ2) is 6.64. The van der Waals surface area contributed by atoms with Crippen LogP contribution in [0, 0.1) is 5.92 Å². The van der Waals surface area contributed by atoms with Crippen LogP contribution < -0.4 is 5.73 Å². The number of ether oxygens (including phenoxy) is 1. The zero-order chi connectivity index (χ0) is 15.5. The SMILES string of the molecule is CCOC(=O)N1CCN(C(=O)C2(N)CCCC(C)C2)CC1. The molecule has 0 aromatic heterocycles. The van der Waals surface area contributed by atoms with Crippen molar-refractivity contribution in [2.75, 3.05) is 32.8 Å². The number of hydrogen-bond acceptors (Lipinski definition) is 4. The summed E-state index contributed by atoms with van der Waals surface area (Å²) in [5, 5.41) is 0. The van der Waals surface area contributed by atoms with Crippen LogP contribution in [0.25, 0.3) is 0 Å². The van der Waals surface area contributed by atoms with Gasteiger partial charge in [0.25, 0.3) is 0 Å². The van der Waals surface area contributed by atoms with E-state index >= 15 is 0 Å². The maximum Gasteiger partial charge on any atom is 0.409 e. The number of nitrogens with two attached hydrogens (primary N) is 1. The lowest BCUT2D eigenvalue weighted by atomic mass is 9.76. The minimum atomic E-state index is -0.705. The van der Waals surface area contributed by atoms with E-state index in [2.05, 4.69) is 6.92 Å². The third-order valence-electron chi connectivity index (χ3n) is 4.55. The van der Waals surface area contributed by atoms with Crippen LogP contribution in [0.2, 0.25) is 0 Å². The van der Waals surface area contributed by atoms with Crippen molar-refractivity contribution in [3.63, 3.8) is 0 Å². The van der Waals surface area contributed by atoms with Gasteiger partial charge in [-0.3, -0.25) is 4.79 Å². The molecule has 0 spiro atoms. The molecule has 2 fully saturated rings. The lowest BCUT2D eigenvalue weighted by Gasteiger charge is -2.42. The normalized spacial score (nSPS) is 30.1. The van der Waals surface area contributed by atoms with E-state index < -0.39 is 5.54 Å². The highest BCUT2D eigenvalue weighted by Gasteiger charge is 2.41. The number of piperazine rings is 1. The molecule has 6 nitrogen and oxygen atoms in total. The van der Waals surface area contributed by atoms with Crippen LogP contribution in [0.4, 0.5) is 4.79 Å². The van der Waals surface area contributed by atoms with Crippen LogP contribution in [-0.4, -0.2) is 60.1 Å². The van der Waals surface area contributed by atoms with Gasteiger partial charge >= 0.3 is 6.09 Å². The number of hydrogen-bond donors (Lipinski definition) is 1. The van der Waals surface area contributed by atoms with Gasteiger partial charge in [0.05, 0.1) is 12.1 Å². The van der Waals surface area contributed by atoms with E-state index in [9.17, 15) is 9.59 Å². The van der Waals surface area contributed by atoms with Gasteiger partial charge in [0.1, 0.15) is 0 Å². The minimum absolute atomic E-state index is 0.0533. The second-order valence-corrected chi connectivity index (χ2v) is 6.34. The van der Waals surface area contributed by atoms with E-state index in [1.165, 1.54) is 0 Å². The van der Waals surface area contributed by atoms with Crippen LogP contribution in [0.15, 0.2) is 0 Å². The van der Waals surface area contributed by atoms with Gasteiger partial charge in [-0.05, 0) is 25.7 Å². The molecule has 1 saturated carbocycles. The van der Waals surface area contributed by atoms with E-state index in [0.717, 1.165) is 25.7 Å². The number of amides is 2. The first-order valence-electron chi connectivity index (χ1n) is 7.96. The first-order chi connectivity index (χ1) is 9.96. The summed E-state index contributed by atoms with van der Waals surface area (Å²) in [7, 11) is 0. The fraction of sp³-hybridized carbons (Fsp3) is 0.867. The van der Waals surface area contributed by atoms with Crippen LogP contribution in [0.3, 0.4) is 0 Å². The largest absolute Gasteiger partial charge is 0.450 e. The van der Waals surface area contributed by atoms with Crippen LogP contribution in [-0.2, 0) is 9.53 Å². The van der Waals surface area contributed by atoms with Crippen molar-refractivity contribution >= 4 is 12.0 Å². The molecule has 0 aromatic rings. The van der Waals surface area contributed by atoms with Gasteiger partial charge in [-0.1, -0.05) is 19.8 Å². The summed E-state index contributed by atoms with van der Waals surface area (Å²) in [6, 6.07) is 0. The number of carbonyl (C=O) groups excluding carboxylic acids is 2. The summed E-state index contributed by atoms with van der Waals surface area (Å²) in [6.45, 7) is 6.47. The molecule has 0 aromatic carbocycles. The smallest absolute Gasteiger partial charge is 0.409 e. The van der Waals surface area contributed by atoms with Gasteiger partial charge in [-0.15, -0.1) is 0 Å². The fourth-order valence-electron chi connectivity index (χ4n) is 3.41. The highest BCUT2D eigenvalue weighted by molar-refractivity contribution is 5.86. The van der Waals surface area contributed by atoms with Gasteiger partial charge in [-0.25, -0.2) is 4.79 Å². The summed E-state index contributed by atoms with van der Waals surface area (Å²) < 4.78 is 4.99. The molecule has 1 aliphatic carbocycles.